The molecular weight excluding hydrogens is 888 g/mol. The van der Waals surface area contributed by atoms with Crippen molar-refractivity contribution in [3.8, 4) is 50.8 Å². The summed E-state index contributed by atoms with van der Waals surface area (Å²) in [5.41, 5.74) is 0.694. The summed E-state index contributed by atoms with van der Waals surface area (Å²) in [5, 5.41) is 13.1. The molecule has 10 rings (SSSR count). The van der Waals surface area contributed by atoms with E-state index in [1.807, 2.05) is 0 Å². The number of aryl methyl sites for hydroxylation is 2. The van der Waals surface area contributed by atoms with Gasteiger partial charge < -0.3 is 9.13 Å². The van der Waals surface area contributed by atoms with E-state index in [0.29, 0.717) is 77.0 Å². The largest absolute Gasteiger partial charge is 0.416 e. The molecule has 13 heteroatoms. The predicted octanol–water partition coefficient (Wildman–Crippen LogP) is 17.0. The lowest BCUT2D eigenvalue weighted by Gasteiger charge is -2.24. The van der Waals surface area contributed by atoms with Crippen LogP contribution in [0.15, 0.2) is 152 Å². The second-order valence-electron chi connectivity index (χ2n) is 16.7. The smallest absolute Gasteiger partial charge is 0.309 e. The Morgan fingerprint density at radius 3 is 1.34 bits per heavy atom. The van der Waals surface area contributed by atoms with Crippen molar-refractivity contribution in [2.45, 2.75) is 32.4 Å². The highest BCUT2D eigenvalue weighted by Gasteiger charge is 2.38. The van der Waals surface area contributed by atoms with Crippen LogP contribution in [0, 0.1) is 31.8 Å². The van der Waals surface area contributed by atoms with E-state index in [2.05, 4.69) is 10.9 Å². The minimum Gasteiger partial charge on any atom is -0.309 e. The fourth-order valence-electron chi connectivity index (χ4n) is 9.47. The predicted molar refractivity (Wildman–Crippen MR) is 247 cm³/mol. The van der Waals surface area contributed by atoms with Crippen molar-refractivity contribution in [3.05, 3.63) is 196 Å². The van der Waals surface area contributed by atoms with E-state index in [0.717, 1.165) is 36.4 Å². The maximum absolute atomic E-state index is 15.5. The molecular formula is C55H31F9N4. The van der Waals surface area contributed by atoms with Crippen molar-refractivity contribution >= 4 is 49.3 Å². The SMILES string of the molecule is [C-]#[N+]c1cccc(C(F)(F)F)c1-c1c(-n2c3ccccc3c3cc(-c4cc(C)cc(C(F)(F)F)c4)ccc32)cc(C#N)cc1-n1c2ccccc2c2cc(-c3cc(C)cc(C(F)(F)F)c3)ccc21. The van der Waals surface area contributed by atoms with Gasteiger partial charge in [0.25, 0.3) is 0 Å². The first-order chi connectivity index (χ1) is 32.3. The number of benzene rings is 8. The van der Waals surface area contributed by atoms with Gasteiger partial charge in [0.1, 0.15) is 0 Å². The molecule has 8 aromatic carbocycles. The lowest BCUT2D eigenvalue weighted by molar-refractivity contribution is -0.138. The number of fused-ring (bicyclic) bond motifs is 6. The lowest BCUT2D eigenvalue weighted by atomic mass is 9.92. The quantitative estimate of drug-likeness (QED) is 0.125. The topological polar surface area (TPSA) is 38.0 Å². The Bertz CT molecular complexity index is 3610. The molecule has 0 amide bonds. The molecule has 0 atom stereocenters. The van der Waals surface area contributed by atoms with Crippen molar-refractivity contribution in [3.63, 3.8) is 0 Å². The molecule has 4 nitrogen and oxygen atoms in total. The van der Waals surface area contributed by atoms with Crippen LogP contribution in [0.1, 0.15) is 33.4 Å². The fourth-order valence-corrected chi connectivity index (χ4v) is 9.47. The van der Waals surface area contributed by atoms with Crippen LogP contribution in [0.5, 0.6) is 0 Å². The highest BCUT2D eigenvalue weighted by atomic mass is 19.4. The summed E-state index contributed by atoms with van der Waals surface area (Å²) in [4.78, 5) is 3.62. The molecule has 0 unspecified atom stereocenters. The highest BCUT2D eigenvalue weighted by Crippen LogP contribution is 2.50. The van der Waals surface area contributed by atoms with E-state index in [1.165, 1.54) is 18.2 Å². The van der Waals surface area contributed by atoms with Gasteiger partial charge in [0.2, 0.25) is 0 Å². The Morgan fingerprint density at radius 1 is 0.456 bits per heavy atom. The summed E-state index contributed by atoms with van der Waals surface area (Å²) >= 11 is 0. The summed E-state index contributed by atoms with van der Waals surface area (Å²) in [5.74, 6) is 0. The molecule has 0 spiro atoms. The van der Waals surface area contributed by atoms with Crippen LogP contribution in [0.3, 0.4) is 0 Å². The molecule has 0 saturated heterocycles. The molecule has 0 saturated carbocycles. The van der Waals surface area contributed by atoms with Gasteiger partial charge in [0.05, 0.1) is 68.3 Å². The van der Waals surface area contributed by atoms with E-state index in [9.17, 15) is 31.6 Å². The average molecular weight is 919 g/mol. The van der Waals surface area contributed by atoms with Gasteiger partial charge in [0, 0.05) is 32.7 Å². The number of aromatic nitrogens is 2. The van der Waals surface area contributed by atoms with Crippen LogP contribution in [-0.2, 0) is 18.5 Å². The van der Waals surface area contributed by atoms with Crippen LogP contribution in [0.2, 0.25) is 0 Å². The Morgan fingerprint density at radius 2 is 0.912 bits per heavy atom. The van der Waals surface area contributed by atoms with E-state index < -0.39 is 40.8 Å². The molecule has 10 aromatic rings. The molecule has 0 bridgehead atoms. The highest BCUT2D eigenvalue weighted by molar-refractivity contribution is 6.13. The molecule has 0 radical (unpaired) electrons. The normalized spacial score (nSPS) is 12.3. The second kappa shape index (κ2) is 15.7. The van der Waals surface area contributed by atoms with Crippen LogP contribution in [0.4, 0.5) is 45.2 Å². The van der Waals surface area contributed by atoms with Gasteiger partial charge in [-0.3, -0.25) is 0 Å². The maximum Gasteiger partial charge on any atom is 0.416 e. The number of halogens is 9. The van der Waals surface area contributed by atoms with Gasteiger partial charge in [-0.25, -0.2) is 4.85 Å². The Balaban J connectivity index is 1.33. The Labute approximate surface area is 381 Å². The maximum atomic E-state index is 15.5. The van der Waals surface area contributed by atoms with E-state index in [-0.39, 0.29) is 28.2 Å². The average Bonchev–Trinajstić information content (AvgIpc) is 3.81. The van der Waals surface area contributed by atoms with Gasteiger partial charge in [0.15, 0.2) is 5.69 Å². The van der Waals surface area contributed by atoms with Crippen molar-refractivity contribution < 1.29 is 39.5 Å². The van der Waals surface area contributed by atoms with Gasteiger partial charge in [-0.15, -0.1) is 0 Å². The van der Waals surface area contributed by atoms with E-state index >= 15 is 13.2 Å². The molecule has 68 heavy (non-hydrogen) atoms. The summed E-state index contributed by atoms with van der Waals surface area (Å²) < 4.78 is 134. The standard InChI is InChI=1S/C55H31F9N4/c1-30-19-35(25-37(21-30)53(56,57)58)33-15-17-47-41(27-33)39-9-4-6-13-45(39)67(47)49-23-32(29-65)24-50(52(49)51-43(55(62,63)64)11-8-12-44(51)66-3)68-46-14-7-5-10-40(46)42-28-34(16-18-48(42)68)36-20-31(2)22-38(26-36)54(59,60)61/h4-28H,1-2H3. The van der Waals surface area contributed by atoms with E-state index in [1.54, 1.807) is 120 Å². The number of alkyl halides is 9. The first kappa shape index (κ1) is 43.6. The monoisotopic (exact) mass is 918 g/mol. The summed E-state index contributed by atoms with van der Waals surface area (Å²) in [6.07, 6.45) is -14.2. The number of hydrogen-bond donors (Lipinski definition) is 0. The number of rotatable bonds is 5. The van der Waals surface area contributed by atoms with Gasteiger partial charge in [-0.1, -0.05) is 78.9 Å². The fraction of sp³-hybridized carbons (Fsp3) is 0.0909. The molecule has 334 valence electrons. The Hall–Kier alpha value is -8.29. The Kier molecular flexibility index (Phi) is 10.0. The molecule has 0 aliphatic heterocycles. The number of nitriles is 1. The molecule has 0 fully saturated rings. The van der Waals surface area contributed by atoms with Crippen molar-refractivity contribution in [1.29, 1.82) is 5.26 Å². The lowest BCUT2D eigenvalue weighted by Crippen LogP contribution is -2.11. The molecule has 0 N–H and O–H groups in total. The molecule has 2 aromatic heterocycles. The number of hydrogen-bond acceptors (Lipinski definition) is 1. The minimum atomic E-state index is -4.99. The van der Waals surface area contributed by atoms with Crippen LogP contribution in [-0.4, -0.2) is 9.13 Å². The van der Waals surface area contributed by atoms with Crippen LogP contribution >= 0.6 is 0 Å². The zero-order valence-electron chi connectivity index (χ0n) is 35.6. The summed E-state index contributed by atoms with van der Waals surface area (Å²) in [7, 11) is 0. The van der Waals surface area contributed by atoms with E-state index in [4.69, 9.17) is 6.57 Å². The molecule has 0 aliphatic carbocycles. The number of para-hydroxylation sites is 2. The number of nitrogens with zero attached hydrogens (tertiary/aromatic N) is 4. The van der Waals surface area contributed by atoms with Crippen molar-refractivity contribution in [1.82, 2.24) is 9.13 Å². The zero-order chi connectivity index (χ0) is 48.0. The van der Waals surface area contributed by atoms with Crippen LogP contribution in [0.25, 0.3) is 93.2 Å². The third-order valence-corrected chi connectivity index (χ3v) is 12.2. The van der Waals surface area contributed by atoms with Gasteiger partial charge in [-0.05, 0) is 120 Å². The third-order valence-electron chi connectivity index (χ3n) is 12.2. The minimum absolute atomic E-state index is 0.0385. The molecule has 0 aliphatic rings. The third kappa shape index (κ3) is 7.28. The zero-order valence-corrected chi connectivity index (χ0v) is 35.6. The second-order valence-corrected chi connectivity index (χ2v) is 16.7. The van der Waals surface area contributed by atoms with Crippen molar-refractivity contribution in [2.75, 3.05) is 0 Å². The molecule has 2 heterocycles. The van der Waals surface area contributed by atoms with Gasteiger partial charge in [-0.2, -0.15) is 44.8 Å². The van der Waals surface area contributed by atoms with Crippen LogP contribution < -0.4 is 0 Å². The first-order valence-corrected chi connectivity index (χ1v) is 21.0. The summed E-state index contributed by atoms with van der Waals surface area (Å²) in [6.45, 7) is 11.4. The van der Waals surface area contributed by atoms with Crippen molar-refractivity contribution in [2.24, 2.45) is 0 Å². The van der Waals surface area contributed by atoms with Gasteiger partial charge >= 0.3 is 18.5 Å². The summed E-state index contributed by atoms with van der Waals surface area (Å²) in [6, 6.07) is 40.0. The first-order valence-electron chi connectivity index (χ1n) is 21.0.